The maximum atomic E-state index is 12.1. The van der Waals surface area contributed by atoms with Crippen molar-refractivity contribution in [1.29, 1.82) is 0 Å². The van der Waals surface area contributed by atoms with Gasteiger partial charge in [0, 0.05) is 6.54 Å². The molecule has 1 atom stereocenters. The summed E-state index contributed by atoms with van der Waals surface area (Å²) in [5, 5.41) is 7.59. The molecule has 0 fully saturated rings. The first-order valence-electron chi connectivity index (χ1n) is 7.66. The molecule has 2 aromatic rings. The first-order chi connectivity index (χ1) is 11.3. The highest BCUT2D eigenvalue weighted by Gasteiger charge is 2.18. The van der Waals surface area contributed by atoms with Gasteiger partial charge in [-0.3, -0.25) is 4.79 Å². The number of amides is 1. The Morgan fingerprint density at radius 2 is 1.92 bits per heavy atom. The number of nitrogens with one attached hydrogen (secondary N) is 1. The molecule has 2 rings (SSSR count). The van der Waals surface area contributed by atoms with E-state index in [0.717, 1.165) is 17.1 Å². The summed E-state index contributed by atoms with van der Waals surface area (Å²) >= 11 is 6.15. The number of rotatable bonds is 5. The number of hydrogen-bond acceptors (Lipinski definition) is 4. The van der Waals surface area contributed by atoms with Crippen LogP contribution in [-0.4, -0.2) is 34.3 Å². The summed E-state index contributed by atoms with van der Waals surface area (Å²) in [6.07, 6.45) is -0.841. The zero-order chi connectivity index (χ0) is 17.9. The molecule has 7 heteroatoms. The second-order valence-corrected chi connectivity index (χ2v) is 5.76. The van der Waals surface area contributed by atoms with E-state index in [4.69, 9.17) is 16.3 Å². The summed E-state index contributed by atoms with van der Waals surface area (Å²) < 4.78 is 6.86. The van der Waals surface area contributed by atoms with Crippen molar-refractivity contribution in [2.45, 2.75) is 33.8 Å². The SMILES string of the molecule is CCNC(=O)[C@H](C)OC(=O)c1ccc(-n2nc(C)c(Cl)c2C)cc1. The van der Waals surface area contributed by atoms with Crippen LogP contribution in [0.1, 0.15) is 35.6 Å². The van der Waals surface area contributed by atoms with E-state index < -0.39 is 12.1 Å². The molecule has 1 heterocycles. The van der Waals surface area contributed by atoms with Crippen molar-refractivity contribution >= 4 is 23.5 Å². The second kappa shape index (κ2) is 7.49. The summed E-state index contributed by atoms with van der Waals surface area (Å²) in [6, 6.07) is 6.77. The van der Waals surface area contributed by atoms with Crippen LogP contribution in [0.15, 0.2) is 24.3 Å². The van der Waals surface area contributed by atoms with Gasteiger partial charge in [0.15, 0.2) is 6.10 Å². The Balaban J connectivity index is 2.13. The first-order valence-corrected chi connectivity index (χ1v) is 8.03. The fourth-order valence-corrected chi connectivity index (χ4v) is 2.33. The van der Waals surface area contributed by atoms with Gasteiger partial charge in [0.25, 0.3) is 5.91 Å². The zero-order valence-electron chi connectivity index (χ0n) is 14.1. The standard InChI is InChI=1S/C17H20ClN3O3/c1-5-19-16(22)12(4)24-17(23)13-6-8-14(9-7-13)21-11(3)15(18)10(2)20-21/h6-9,12H,5H2,1-4H3,(H,19,22)/t12-/m0/s1. The number of benzene rings is 1. The number of carbonyl (C=O) groups excluding carboxylic acids is 2. The summed E-state index contributed by atoms with van der Waals surface area (Å²) in [4.78, 5) is 23.7. The van der Waals surface area contributed by atoms with Crippen LogP contribution >= 0.6 is 11.6 Å². The maximum Gasteiger partial charge on any atom is 0.338 e. The molecular weight excluding hydrogens is 330 g/mol. The van der Waals surface area contributed by atoms with Crippen molar-refractivity contribution < 1.29 is 14.3 Å². The third kappa shape index (κ3) is 3.76. The molecular formula is C17H20ClN3O3. The average Bonchev–Trinajstić information content (AvgIpc) is 2.82. The summed E-state index contributed by atoms with van der Waals surface area (Å²) in [5.74, 6) is -0.869. The average molecular weight is 350 g/mol. The minimum absolute atomic E-state index is 0.320. The van der Waals surface area contributed by atoms with E-state index in [9.17, 15) is 9.59 Å². The number of halogens is 1. The highest BCUT2D eigenvalue weighted by molar-refractivity contribution is 6.31. The predicted molar refractivity (Wildman–Crippen MR) is 91.6 cm³/mol. The molecule has 1 aromatic carbocycles. The lowest BCUT2D eigenvalue weighted by molar-refractivity contribution is -0.128. The van der Waals surface area contributed by atoms with Gasteiger partial charge >= 0.3 is 5.97 Å². The zero-order valence-corrected chi connectivity index (χ0v) is 14.8. The van der Waals surface area contributed by atoms with E-state index in [1.54, 1.807) is 35.9 Å². The lowest BCUT2D eigenvalue weighted by Crippen LogP contribution is -2.35. The van der Waals surface area contributed by atoms with Crippen molar-refractivity contribution in [1.82, 2.24) is 15.1 Å². The van der Waals surface area contributed by atoms with Crippen LogP contribution in [0, 0.1) is 13.8 Å². The molecule has 6 nitrogen and oxygen atoms in total. The predicted octanol–water partition coefficient (Wildman–Crippen LogP) is 2.82. The molecule has 0 radical (unpaired) electrons. The second-order valence-electron chi connectivity index (χ2n) is 5.39. The van der Waals surface area contributed by atoms with Crippen LogP contribution in [-0.2, 0) is 9.53 Å². The van der Waals surface area contributed by atoms with Gasteiger partial charge in [-0.05, 0) is 52.0 Å². The molecule has 1 aromatic heterocycles. The highest BCUT2D eigenvalue weighted by atomic mass is 35.5. The maximum absolute atomic E-state index is 12.1. The van der Waals surface area contributed by atoms with Gasteiger partial charge in [-0.25, -0.2) is 9.48 Å². The largest absolute Gasteiger partial charge is 0.449 e. The minimum Gasteiger partial charge on any atom is -0.449 e. The summed E-state index contributed by atoms with van der Waals surface area (Å²) in [6.45, 7) is 7.53. The fourth-order valence-electron chi connectivity index (χ4n) is 2.21. The Morgan fingerprint density at radius 3 is 2.42 bits per heavy atom. The lowest BCUT2D eigenvalue weighted by Gasteiger charge is -2.13. The van der Waals surface area contributed by atoms with E-state index in [0.29, 0.717) is 17.1 Å². The van der Waals surface area contributed by atoms with Crippen molar-refractivity contribution in [3.8, 4) is 5.69 Å². The van der Waals surface area contributed by atoms with Crippen LogP contribution in [0.25, 0.3) is 5.69 Å². The van der Waals surface area contributed by atoms with Gasteiger partial charge < -0.3 is 10.1 Å². The van der Waals surface area contributed by atoms with Crippen molar-refractivity contribution in [2.24, 2.45) is 0 Å². The van der Waals surface area contributed by atoms with E-state index in [-0.39, 0.29) is 5.91 Å². The van der Waals surface area contributed by atoms with E-state index >= 15 is 0 Å². The number of hydrogen-bond donors (Lipinski definition) is 1. The van der Waals surface area contributed by atoms with Crippen molar-refractivity contribution in [2.75, 3.05) is 6.54 Å². The molecule has 0 saturated carbocycles. The Morgan fingerprint density at radius 1 is 1.29 bits per heavy atom. The number of nitrogens with zero attached hydrogens (tertiary/aromatic N) is 2. The fraction of sp³-hybridized carbons (Fsp3) is 0.353. The van der Waals surface area contributed by atoms with Crippen molar-refractivity contribution in [3.63, 3.8) is 0 Å². The minimum atomic E-state index is -0.841. The molecule has 0 unspecified atom stereocenters. The van der Waals surface area contributed by atoms with E-state index in [1.807, 2.05) is 13.8 Å². The molecule has 1 amide bonds. The van der Waals surface area contributed by atoms with Crippen LogP contribution in [0.5, 0.6) is 0 Å². The molecule has 0 saturated heterocycles. The van der Waals surface area contributed by atoms with Crippen LogP contribution in [0.2, 0.25) is 5.02 Å². The van der Waals surface area contributed by atoms with Crippen molar-refractivity contribution in [3.05, 3.63) is 46.2 Å². The van der Waals surface area contributed by atoms with Gasteiger partial charge in [0.1, 0.15) is 0 Å². The molecule has 0 bridgehead atoms. The molecule has 0 spiro atoms. The third-order valence-electron chi connectivity index (χ3n) is 3.55. The van der Waals surface area contributed by atoms with Crippen LogP contribution < -0.4 is 5.32 Å². The van der Waals surface area contributed by atoms with E-state index in [2.05, 4.69) is 10.4 Å². The Hall–Kier alpha value is -2.34. The normalized spacial score (nSPS) is 11.9. The Labute approximate surface area is 145 Å². The number of aryl methyl sites for hydroxylation is 1. The molecule has 1 N–H and O–H groups in total. The Kier molecular flexibility index (Phi) is 5.62. The van der Waals surface area contributed by atoms with E-state index in [1.165, 1.54) is 6.92 Å². The number of carbonyl (C=O) groups is 2. The van der Waals surface area contributed by atoms with Gasteiger partial charge in [-0.1, -0.05) is 11.6 Å². The molecule has 0 aliphatic carbocycles. The highest BCUT2D eigenvalue weighted by Crippen LogP contribution is 2.22. The quantitative estimate of drug-likeness (QED) is 0.842. The smallest absolute Gasteiger partial charge is 0.338 e. The summed E-state index contributed by atoms with van der Waals surface area (Å²) in [5.41, 5.74) is 2.72. The van der Waals surface area contributed by atoms with Gasteiger partial charge in [-0.15, -0.1) is 0 Å². The molecule has 128 valence electrons. The van der Waals surface area contributed by atoms with Gasteiger partial charge in [0.2, 0.25) is 0 Å². The lowest BCUT2D eigenvalue weighted by atomic mass is 10.2. The number of likely N-dealkylation sites (N-methyl/N-ethyl adjacent to an activating group) is 1. The van der Waals surface area contributed by atoms with Gasteiger partial charge in [-0.2, -0.15) is 5.10 Å². The Bertz CT molecular complexity index is 753. The first kappa shape index (κ1) is 18.0. The number of esters is 1. The topological polar surface area (TPSA) is 73.2 Å². The molecule has 24 heavy (non-hydrogen) atoms. The van der Waals surface area contributed by atoms with Gasteiger partial charge in [0.05, 0.1) is 27.7 Å². The number of ether oxygens (including phenoxy) is 1. The van der Waals surface area contributed by atoms with Crippen LogP contribution in [0.4, 0.5) is 0 Å². The number of aromatic nitrogens is 2. The monoisotopic (exact) mass is 349 g/mol. The van der Waals surface area contributed by atoms with Crippen LogP contribution in [0.3, 0.4) is 0 Å². The molecule has 0 aliphatic heterocycles. The summed E-state index contributed by atoms with van der Waals surface area (Å²) in [7, 11) is 0. The third-order valence-corrected chi connectivity index (χ3v) is 4.10. The molecule has 0 aliphatic rings.